The number of hydrogen-bond donors (Lipinski definition) is 2. The maximum atomic E-state index is 12.0. The molecule has 0 bridgehead atoms. The fourth-order valence-corrected chi connectivity index (χ4v) is 3.73. The topological polar surface area (TPSA) is 89.1 Å². The first kappa shape index (κ1) is 17.5. The van der Waals surface area contributed by atoms with E-state index in [0.29, 0.717) is 35.1 Å². The maximum Gasteiger partial charge on any atom is 0.253 e. The number of aromatic amines is 1. The quantitative estimate of drug-likeness (QED) is 0.665. The second-order valence-electron chi connectivity index (χ2n) is 6.04. The zero-order valence-corrected chi connectivity index (χ0v) is 16.4. The minimum Gasteiger partial charge on any atom is -0.493 e. The van der Waals surface area contributed by atoms with E-state index in [1.54, 1.807) is 20.4 Å². The number of H-pyrrole nitrogens is 1. The van der Waals surface area contributed by atoms with Crippen LogP contribution in [0.4, 0.5) is 0 Å². The molecule has 0 saturated heterocycles. The normalized spacial score (nSPS) is 13.1. The highest BCUT2D eigenvalue weighted by molar-refractivity contribution is 9.10. The number of halogens is 1. The zero-order chi connectivity index (χ0) is 19.0. The lowest BCUT2D eigenvalue weighted by Crippen LogP contribution is -2.31. The molecule has 3 aromatic rings. The molecule has 8 heteroatoms. The lowest BCUT2D eigenvalue weighted by molar-refractivity contribution is 0.0946. The van der Waals surface area contributed by atoms with Crippen molar-refractivity contribution < 1.29 is 14.3 Å². The van der Waals surface area contributed by atoms with Crippen LogP contribution in [-0.4, -0.2) is 41.6 Å². The standard InChI is InChI=1S/C19H17BrN4O3/c1-26-16-8-10(7-12(20)17(16)27-2)18-21-5-4-14(24-18)15-9-11-13(23-15)3-6-22-19(11)25/h4-5,7-9,23H,3,6H2,1-2H3,(H,22,25). The summed E-state index contributed by atoms with van der Waals surface area (Å²) in [6, 6.07) is 7.36. The van der Waals surface area contributed by atoms with Crippen LogP contribution in [0.1, 0.15) is 16.1 Å². The molecule has 0 saturated carbocycles. The van der Waals surface area contributed by atoms with Gasteiger partial charge >= 0.3 is 0 Å². The van der Waals surface area contributed by atoms with E-state index in [4.69, 9.17) is 9.47 Å². The summed E-state index contributed by atoms with van der Waals surface area (Å²) in [5, 5.41) is 2.85. The highest BCUT2D eigenvalue weighted by Gasteiger charge is 2.21. The van der Waals surface area contributed by atoms with Crippen molar-refractivity contribution in [2.45, 2.75) is 6.42 Å². The number of amides is 1. The largest absolute Gasteiger partial charge is 0.493 e. The summed E-state index contributed by atoms with van der Waals surface area (Å²) in [6.07, 6.45) is 2.48. The van der Waals surface area contributed by atoms with E-state index in [-0.39, 0.29) is 5.91 Å². The SMILES string of the molecule is COc1cc(-c2nccc(-c3cc4c([nH]3)CCNC4=O)n2)cc(Br)c1OC. The molecule has 0 atom stereocenters. The monoisotopic (exact) mass is 428 g/mol. The molecule has 4 rings (SSSR count). The van der Waals surface area contributed by atoms with Gasteiger partial charge in [-0.2, -0.15) is 0 Å². The van der Waals surface area contributed by atoms with Crippen LogP contribution in [0.5, 0.6) is 11.5 Å². The second-order valence-corrected chi connectivity index (χ2v) is 6.89. The van der Waals surface area contributed by atoms with E-state index in [1.165, 1.54) is 0 Å². The third-order valence-electron chi connectivity index (χ3n) is 4.43. The average Bonchev–Trinajstić information content (AvgIpc) is 3.13. The highest BCUT2D eigenvalue weighted by atomic mass is 79.9. The molecule has 2 N–H and O–H groups in total. The van der Waals surface area contributed by atoms with E-state index in [0.717, 1.165) is 27.8 Å². The Kier molecular flexibility index (Phi) is 4.57. The number of hydrogen-bond acceptors (Lipinski definition) is 5. The number of nitrogens with one attached hydrogen (secondary N) is 2. The Bertz CT molecular complexity index is 1030. The molecule has 1 aliphatic rings. The van der Waals surface area contributed by atoms with Gasteiger partial charge in [-0.05, 0) is 40.2 Å². The number of fused-ring (bicyclic) bond motifs is 1. The summed E-state index contributed by atoms with van der Waals surface area (Å²) < 4.78 is 11.5. The number of benzene rings is 1. The average molecular weight is 429 g/mol. The van der Waals surface area contributed by atoms with Crippen molar-refractivity contribution in [1.82, 2.24) is 20.3 Å². The fraction of sp³-hybridized carbons (Fsp3) is 0.211. The van der Waals surface area contributed by atoms with Crippen molar-refractivity contribution in [3.05, 3.63) is 46.2 Å². The maximum absolute atomic E-state index is 12.0. The van der Waals surface area contributed by atoms with Crippen LogP contribution in [0.3, 0.4) is 0 Å². The van der Waals surface area contributed by atoms with Gasteiger partial charge in [0.2, 0.25) is 0 Å². The molecule has 2 aromatic heterocycles. The molecule has 1 aromatic carbocycles. The Labute approximate surface area is 164 Å². The Morgan fingerprint density at radius 3 is 2.78 bits per heavy atom. The number of carbonyl (C=O) groups excluding carboxylic acids is 1. The lowest BCUT2D eigenvalue weighted by Gasteiger charge is -2.11. The molecule has 1 amide bonds. The van der Waals surface area contributed by atoms with E-state index in [9.17, 15) is 4.79 Å². The first-order chi connectivity index (χ1) is 13.1. The third-order valence-corrected chi connectivity index (χ3v) is 5.02. The zero-order valence-electron chi connectivity index (χ0n) is 14.8. The van der Waals surface area contributed by atoms with Gasteiger partial charge in [0.05, 0.1) is 35.6 Å². The van der Waals surface area contributed by atoms with E-state index in [1.807, 2.05) is 24.3 Å². The van der Waals surface area contributed by atoms with Crippen molar-refractivity contribution in [2.75, 3.05) is 20.8 Å². The number of ether oxygens (including phenoxy) is 2. The molecular formula is C19H17BrN4O3. The van der Waals surface area contributed by atoms with Gasteiger partial charge in [0.1, 0.15) is 0 Å². The van der Waals surface area contributed by atoms with Crippen molar-refractivity contribution in [2.24, 2.45) is 0 Å². The molecule has 138 valence electrons. The van der Waals surface area contributed by atoms with Crippen LogP contribution >= 0.6 is 15.9 Å². The smallest absolute Gasteiger partial charge is 0.253 e. The van der Waals surface area contributed by atoms with E-state index >= 15 is 0 Å². The Morgan fingerprint density at radius 2 is 2.04 bits per heavy atom. The van der Waals surface area contributed by atoms with Crippen LogP contribution in [0.2, 0.25) is 0 Å². The number of nitrogens with zero attached hydrogens (tertiary/aromatic N) is 2. The lowest BCUT2D eigenvalue weighted by atomic mass is 10.1. The number of rotatable bonds is 4. The molecule has 27 heavy (non-hydrogen) atoms. The number of aromatic nitrogens is 3. The Hall–Kier alpha value is -2.87. The minimum absolute atomic E-state index is 0.0585. The Balaban J connectivity index is 1.76. The van der Waals surface area contributed by atoms with Crippen LogP contribution in [-0.2, 0) is 6.42 Å². The van der Waals surface area contributed by atoms with Crippen molar-refractivity contribution >= 4 is 21.8 Å². The van der Waals surface area contributed by atoms with Gasteiger partial charge in [0.15, 0.2) is 17.3 Å². The van der Waals surface area contributed by atoms with Gasteiger partial charge in [0, 0.05) is 30.4 Å². The summed E-state index contributed by atoms with van der Waals surface area (Å²) in [5.41, 5.74) is 3.90. The van der Waals surface area contributed by atoms with Crippen molar-refractivity contribution in [3.63, 3.8) is 0 Å². The minimum atomic E-state index is -0.0585. The summed E-state index contributed by atoms with van der Waals surface area (Å²) >= 11 is 3.49. The Morgan fingerprint density at radius 1 is 1.19 bits per heavy atom. The molecule has 0 unspecified atom stereocenters. The van der Waals surface area contributed by atoms with Gasteiger partial charge < -0.3 is 19.8 Å². The van der Waals surface area contributed by atoms with E-state index < -0.39 is 0 Å². The summed E-state index contributed by atoms with van der Waals surface area (Å²) in [7, 11) is 3.17. The molecule has 3 heterocycles. The van der Waals surface area contributed by atoms with E-state index in [2.05, 4.69) is 36.2 Å². The molecule has 1 aliphatic heterocycles. The molecule has 7 nitrogen and oxygen atoms in total. The van der Waals surface area contributed by atoms with Crippen LogP contribution in [0.25, 0.3) is 22.8 Å². The summed E-state index contributed by atoms with van der Waals surface area (Å²) in [4.78, 5) is 24.3. The predicted octanol–water partition coefficient (Wildman–Crippen LogP) is 3.20. The summed E-state index contributed by atoms with van der Waals surface area (Å²) in [5.74, 6) is 1.69. The van der Waals surface area contributed by atoms with Crippen molar-refractivity contribution in [1.29, 1.82) is 0 Å². The molecule has 0 fully saturated rings. The predicted molar refractivity (Wildman–Crippen MR) is 104 cm³/mol. The van der Waals surface area contributed by atoms with Crippen LogP contribution in [0, 0.1) is 0 Å². The first-order valence-electron chi connectivity index (χ1n) is 8.36. The van der Waals surface area contributed by atoms with Gasteiger partial charge in [0.25, 0.3) is 5.91 Å². The second kappa shape index (κ2) is 7.03. The van der Waals surface area contributed by atoms with Gasteiger partial charge in [-0.25, -0.2) is 9.97 Å². The van der Waals surface area contributed by atoms with Crippen molar-refractivity contribution in [3.8, 4) is 34.3 Å². The number of carbonyl (C=O) groups is 1. The molecule has 0 aliphatic carbocycles. The highest BCUT2D eigenvalue weighted by Crippen LogP contribution is 2.38. The summed E-state index contributed by atoms with van der Waals surface area (Å²) in [6.45, 7) is 0.639. The first-order valence-corrected chi connectivity index (χ1v) is 9.15. The van der Waals surface area contributed by atoms with Crippen LogP contribution in [0.15, 0.2) is 34.9 Å². The molecular weight excluding hydrogens is 412 g/mol. The van der Waals surface area contributed by atoms with Gasteiger partial charge in [-0.3, -0.25) is 4.79 Å². The van der Waals surface area contributed by atoms with Gasteiger partial charge in [-0.15, -0.1) is 0 Å². The molecule has 0 spiro atoms. The number of methoxy groups -OCH3 is 2. The van der Waals surface area contributed by atoms with Gasteiger partial charge in [-0.1, -0.05) is 0 Å². The molecule has 0 radical (unpaired) electrons. The third kappa shape index (κ3) is 3.16. The van der Waals surface area contributed by atoms with Crippen LogP contribution < -0.4 is 14.8 Å². The fourth-order valence-electron chi connectivity index (χ4n) is 3.13.